The average Bonchev–Trinajstić information content (AvgIpc) is 3.16. The monoisotopic (exact) mass is 365 g/mol. The number of ether oxygens (including phenoxy) is 1. The van der Waals surface area contributed by atoms with E-state index in [0.717, 1.165) is 16.3 Å². The predicted octanol–water partition coefficient (Wildman–Crippen LogP) is 5.61. The van der Waals surface area contributed by atoms with Crippen molar-refractivity contribution in [1.82, 2.24) is 0 Å². The molecule has 0 bridgehead atoms. The van der Waals surface area contributed by atoms with Gasteiger partial charge in [-0.05, 0) is 79.7 Å². The van der Waals surface area contributed by atoms with Gasteiger partial charge in [0.1, 0.15) is 5.75 Å². The highest BCUT2D eigenvalue weighted by Crippen LogP contribution is 2.25. The van der Waals surface area contributed by atoms with Crippen molar-refractivity contribution in [3.63, 3.8) is 0 Å². The predicted molar refractivity (Wildman–Crippen MR) is 108 cm³/mol. The van der Waals surface area contributed by atoms with Gasteiger partial charge >= 0.3 is 0 Å². The first-order valence-electron chi connectivity index (χ1n) is 8.73. The van der Waals surface area contributed by atoms with Crippen LogP contribution < -0.4 is 9.64 Å². The lowest BCUT2D eigenvalue weighted by Gasteiger charge is -2.23. The molecular formula is C22H23NO2S. The highest BCUT2D eigenvalue weighted by molar-refractivity contribution is 7.09. The second-order valence-corrected chi connectivity index (χ2v) is 7.23. The Labute approximate surface area is 158 Å². The molecule has 1 aromatic heterocycles. The minimum absolute atomic E-state index is 0.00954. The Balaban J connectivity index is 1.93. The standard InChI is InChI=1S/C22H23NO2S/c1-4-25-20-11-8-18(9-12-20)22(24)23(15-21-6-5-13-26-21)19-10-7-16(2)17(3)14-19/h5-14H,4,15H2,1-3H3. The maximum absolute atomic E-state index is 13.2. The van der Waals surface area contributed by atoms with Gasteiger partial charge in [0.2, 0.25) is 0 Å². The summed E-state index contributed by atoms with van der Waals surface area (Å²) in [7, 11) is 0. The second kappa shape index (κ2) is 8.19. The van der Waals surface area contributed by atoms with Gasteiger partial charge in [-0.1, -0.05) is 12.1 Å². The van der Waals surface area contributed by atoms with Crippen molar-refractivity contribution in [2.24, 2.45) is 0 Å². The van der Waals surface area contributed by atoms with Gasteiger partial charge in [0.15, 0.2) is 0 Å². The summed E-state index contributed by atoms with van der Waals surface area (Å²) < 4.78 is 5.48. The zero-order valence-electron chi connectivity index (χ0n) is 15.4. The minimum atomic E-state index is -0.00954. The minimum Gasteiger partial charge on any atom is -0.494 e. The number of amides is 1. The third-order valence-corrected chi connectivity index (χ3v) is 5.21. The fourth-order valence-electron chi connectivity index (χ4n) is 2.75. The van der Waals surface area contributed by atoms with Crippen molar-refractivity contribution in [2.45, 2.75) is 27.3 Å². The molecule has 0 atom stereocenters. The summed E-state index contributed by atoms with van der Waals surface area (Å²) >= 11 is 1.66. The summed E-state index contributed by atoms with van der Waals surface area (Å²) in [5.41, 5.74) is 3.97. The van der Waals surface area contributed by atoms with Gasteiger partial charge in [-0.2, -0.15) is 0 Å². The van der Waals surface area contributed by atoms with Crippen LogP contribution >= 0.6 is 11.3 Å². The van der Waals surface area contributed by atoms with E-state index in [-0.39, 0.29) is 5.91 Å². The Morgan fingerprint density at radius 3 is 2.42 bits per heavy atom. The highest BCUT2D eigenvalue weighted by Gasteiger charge is 2.19. The first-order valence-corrected chi connectivity index (χ1v) is 9.61. The number of rotatable bonds is 6. The summed E-state index contributed by atoms with van der Waals surface area (Å²) in [6.45, 7) is 7.27. The Kier molecular flexibility index (Phi) is 5.74. The molecule has 0 aliphatic rings. The van der Waals surface area contributed by atoms with Crippen LogP contribution in [0.25, 0.3) is 0 Å². The number of aryl methyl sites for hydroxylation is 2. The lowest BCUT2D eigenvalue weighted by Crippen LogP contribution is -2.30. The maximum atomic E-state index is 13.2. The fraction of sp³-hybridized carbons (Fsp3) is 0.227. The van der Waals surface area contributed by atoms with Gasteiger partial charge in [0.05, 0.1) is 13.2 Å². The number of hydrogen-bond donors (Lipinski definition) is 0. The highest BCUT2D eigenvalue weighted by atomic mass is 32.1. The van der Waals surface area contributed by atoms with Gasteiger partial charge in [-0.25, -0.2) is 0 Å². The lowest BCUT2D eigenvalue weighted by atomic mass is 10.1. The number of benzene rings is 2. The molecule has 0 spiro atoms. The first kappa shape index (κ1) is 18.2. The molecule has 0 saturated carbocycles. The molecule has 2 aromatic carbocycles. The largest absolute Gasteiger partial charge is 0.494 e. The Morgan fingerprint density at radius 1 is 1.04 bits per heavy atom. The van der Waals surface area contributed by atoms with Crippen molar-refractivity contribution in [1.29, 1.82) is 0 Å². The molecular weight excluding hydrogens is 342 g/mol. The molecule has 1 amide bonds. The number of anilines is 1. The molecule has 3 nitrogen and oxygen atoms in total. The van der Waals surface area contributed by atoms with Crippen molar-refractivity contribution < 1.29 is 9.53 Å². The van der Waals surface area contributed by atoms with Crippen LogP contribution in [-0.2, 0) is 6.54 Å². The van der Waals surface area contributed by atoms with E-state index >= 15 is 0 Å². The molecule has 0 radical (unpaired) electrons. The van der Waals surface area contributed by atoms with E-state index in [4.69, 9.17) is 4.74 Å². The zero-order chi connectivity index (χ0) is 18.5. The molecule has 1 heterocycles. The van der Waals surface area contributed by atoms with Crippen molar-refractivity contribution in [3.05, 3.63) is 81.5 Å². The molecule has 134 valence electrons. The van der Waals surface area contributed by atoms with E-state index in [1.807, 2.05) is 53.6 Å². The number of carbonyl (C=O) groups is 1. The molecule has 0 N–H and O–H groups in total. The van der Waals surface area contributed by atoms with Crippen LogP contribution in [-0.4, -0.2) is 12.5 Å². The summed E-state index contributed by atoms with van der Waals surface area (Å²) in [5.74, 6) is 0.768. The van der Waals surface area contributed by atoms with E-state index < -0.39 is 0 Å². The van der Waals surface area contributed by atoms with Crippen LogP contribution in [0.4, 0.5) is 5.69 Å². The summed E-state index contributed by atoms with van der Waals surface area (Å²) in [4.78, 5) is 16.2. The van der Waals surface area contributed by atoms with Crippen LogP contribution in [0.5, 0.6) is 5.75 Å². The number of carbonyl (C=O) groups excluding carboxylic acids is 1. The smallest absolute Gasteiger partial charge is 0.258 e. The maximum Gasteiger partial charge on any atom is 0.258 e. The summed E-state index contributed by atoms with van der Waals surface area (Å²) in [6, 6.07) is 17.6. The lowest BCUT2D eigenvalue weighted by molar-refractivity contribution is 0.0985. The third kappa shape index (κ3) is 4.14. The number of nitrogens with zero attached hydrogens (tertiary/aromatic N) is 1. The quantitative estimate of drug-likeness (QED) is 0.568. The Morgan fingerprint density at radius 2 is 1.81 bits per heavy atom. The van der Waals surface area contributed by atoms with Crippen LogP contribution in [0.2, 0.25) is 0 Å². The van der Waals surface area contributed by atoms with E-state index in [1.54, 1.807) is 11.3 Å². The van der Waals surface area contributed by atoms with Crippen molar-refractivity contribution in [2.75, 3.05) is 11.5 Å². The first-order chi connectivity index (χ1) is 12.6. The Bertz CT molecular complexity index is 870. The number of thiophene rings is 1. The van der Waals surface area contributed by atoms with Gasteiger partial charge in [0.25, 0.3) is 5.91 Å². The van der Waals surface area contributed by atoms with Crippen LogP contribution in [0.15, 0.2) is 60.0 Å². The van der Waals surface area contributed by atoms with Crippen molar-refractivity contribution in [3.8, 4) is 5.75 Å². The molecule has 0 aliphatic carbocycles. The molecule has 3 rings (SSSR count). The van der Waals surface area contributed by atoms with Crippen LogP contribution in [0, 0.1) is 13.8 Å². The van der Waals surface area contributed by atoms with E-state index in [9.17, 15) is 4.79 Å². The summed E-state index contributed by atoms with van der Waals surface area (Å²) in [5, 5.41) is 2.04. The molecule has 0 fully saturated rings. The van der Waals surface area contributed by atoms with Crippen molar-refractivity contribution >= 4 is 22.9 Å². The van der Waals surface area contributed by atoms with E-state index in [0.29, 0.717) is 18.7 Å². The average molecular weight is 365 g/mol. The topological polar surface area (TPSA) is 29.5 Å². The van der Waals surface area contributed by atoms with Gasteiger partial charge < -0.3 is 9.64 Å². The zero-order valence-corrected chi connectivity index (χ0v) is 16.2. The third-order valence-electron chi connectivity index (χ3n) is 4.35. The second-order valence-electron chi connectivity index (χ2n) is 6.20. The molecule has 4 heteroatoms. The SMILES string of the molecule is CCOc1ccc(C(=O)N(Cc2cccs2)c2ccc(C)c(C)c2)cc1. The van der Waals surface area contributed by atoms with Gasteiger partial charge in [0, 0.05) is 16.1 Å². The molecule has 3 aromatic rings. The molecule has 26 heavy (non-hydrogen) atoms. The van der Waals surface area contributed by atoms with Crippen LogP contribution in [0.3, 0.4) is 0 Å². The molecule has 0 aliphatic heterocycles. The summed E-state index contributed by atoms with van der Waals surface area (Å²) in [6.07, 6.45) is 0. The van der Waals surface area contributed by atoms with E-state index in [2.05, 4.69) is 32.0 Å². The fourth-order valence-corrected chi connectivity index (χ4v) is 3.44. The van der Waals surface area contributed by atoms with Gasteiger partial charge in [-0.15, -0.1) is 11.3 Å². The Hall–Kier alpha value is -2.59. The van der Waals surface area contributed by atoms with Gasteiger partial charge in [-0.3, -0.25) is 4.79 Å². The molecule has 0 saturated heterocycles. The molecule has 0 unspecified atom stereocenters. The normalized spacial score (nSPS) is 10.6. The van der Waals surface area contributed by atoms with E-state index in [1.165, 1.54) is 11.1 Å². The van der Waals surface area contributed by atoms with Crippen LogP contribution in [0.1, 0.15) is 33.3 Å². The number of hydrogen-bond acceptors (Lipinski definition) is 3.